The Labute approximate surface area is 41.0 Å². The standard InChI is InChI=1S/C3H4ClO2/c1-6-2-3(4)5/h1-2H2/q-1. The van der Waals surface area contributed by atoms with Crippen LogP contribution in [0.4, 0.5) is 0 Å². The molecular formula is C3H4ClO2-. The summed E-state index contributed by atoms with van der Waals surface area (Å²) in [6.45, 7) is -0.110. The Hall–Kier alpha value is -0.0800. The van der Waals surface area contributed by atoms with Gasteiger partial charge in [-0.1, -0.05) is 0 Å². The van der Waals surface area contributed by atoms with Crippen molar-refractivity contribution in [3.8, 4) is 0 Å². The Kier molecular flexibility index (Phi) is 3.08. The number of rotatable bonds is 2. The van der Waals surface area contributed by atoms with Crippen molar-refractivity contribution in [3.63, 3.8) is 0 Å². The molecule has 6 heavy (non-hydrogen) atoms. The molecule has 0 aliphatic rings. The lowest BCUT2D eigenvalue weighted by Crippen LogP contribution is -1.94. The molecule has 3 heteroatoms. The fourth-order valence-corrected chi connectivity index (χ4v) is 0.157. The third-order valence-corrected chi connectivity index (χ3v) is 0.325. The quantitative estimate of drug-likeness (QED) is 0.381. The van der Waals surface area contributed by atoms with Gasteiger partial charge in [-0.05, 0) is 11.6 Å². The Morgan fingerprint density at radius 2 is 2.50 bits per heavy atom. The number of halogens is 1. The zero-order chi connectivity index (χ0) is 4.99. The van der Waals surface area contributed by atoms with Crippen LogP contribution in [0.3, 0.4) is 0 Å². The van der Waals surface area contributed by atoms with Crippen LogP contribution < -0.4 is 0 Å². The molecule has 0 unspecified atom stereocenters. The molecule has 0 bridgehead atoms. The predicted octanol–water partition coefficient (Wildman–Crippen LogP) is 0.560. The van der Waals surface area contributed by atoms with Crippen LogP contribution in [0.2, 0.25) is 0 Å². The van der Waals surface area contributed by atoms with E-state index in [0.717, 1.165) is 0 Å². The fraction of sp³-hybridized carbons (Fsp3) is 0.333. The van der Waals surface area contributed by atoms with Crippen LogP contribution in [0.1, 0.15) is 0 Å². The molecule has 0 spiro atoms. The summed E-state index contributed by atoms with van der Waals surface area (Å²) >= 11 is 4.77. The minimum atomic E-state index is -0.523. The Morgan fingerprint density at radius 1 is 2.00 bits per heavy atom. The van der Waals surface area contributed by atoms with Crippen molar-refractivity contribution in [1.82, 2.24) is 0 Å². The van der Waals surface area contributed by atoms with E-state index >= 15 is 0 Å². The van der Waals surface area contributed by atoms with E-state index in [0.29, 0.717) is 0 Å². The van der Waals surface area contributed by atoms with E-state index in [-0.39, 0.29) is 6.61 Å². The molecule has 0 radical (unpaired) electrons. The van der Waals surface area contributed by atoms with Gasteiger partial charge in [-0.15, -0.1) is 0 Å². The number of carbonyl (C=O) groups is 1. The van der Waals surface area contributed by atoms with Crippen molar-refractivity contribution in [2.75, 3.05) is 6.61 Å². The second-order valence-electron chi connectivity index (χ2n) is 0.704. The summed E-state index contributed by atoms with van der Waals surface area (Å²) in [6, 6.07) is 0. The van der Waals surface area contributed by atoms with Crippen molar-refractivity contribution in [2.24, 2.45) is 0 Å². The highest BCUT2D eigenvalue weighted by Crippen LogP contribution is 1.77. The molecule has 2 nitrogen and oxygen atoms in total. The van der Waals surface area contributed by atoms with Gasteiger partial charge in [-0.2, -0.15) is 0 Å². The lowest BCUT2D eigenvalue weighted by molar-refractivity contribution is -0.114. The average Bonchev–Trinajstić information content (AvgIpc) is 1.35. The molecule has 0 aromatic rings. The second-order valence-corrected chi connectivity index (χ2v) is 1.13. The molecule has 0 rings (SSSR count). The Balaban J connectivity index is 2.83. The van der Waals surface area contributed by atoms with Gasteiger partial charge in [0.05, 0.1) is 6.61 Å². The number of ether oxygens (including phenoxy) is 1. The Bertz CT molecular complexity index is 52.8. The molecule has 0 aromatic heterocycles. The normalized spacial score (nSPS) is 8.33. The van der Waals surface area contributed by atoms with Gasteiger partial charge >= 0.3 is 0 Å². The van der Waals surface area contributed by atoms with E-state index in [1.807, 2.05) is 0 Å². The Morgan fingerprint density at radius 3 is 2.50 bits per heavy atom. The van der Waals surface area contributed by atoms with Gasteiger partial charge in [0, 0.05) is 0 Å². The van der Waals surface area contributed by atoms with E-state index in [4.69, 9.17) is 11.6 Å². The van der Waals surface area contributed by atoms with E-state index in [9.17, 15) is 4.79 Å². The fourth-order valence-electron chi connectivity index (χ4n) is 0.0802. The van der Waals surface area contributed by atoms with Crippen LogP contribution in [-0.4, -0.2) is 11.8 Å². The van der Waals surface area contributed by atoms with Crippen molar-refractivity contribution in [2.45, 2.75) is 0 Å². The molecule has 0 fully saturated rings. The maximum atomic E-state index is 9.64. The summed E-state index contributed by atoms with van der Waals surface area (Å²) < 4.78 is 4.07. The third kappa shape index (κ3) is 3.92. The number of hydrogen-bond donors (Lipinski definition) is 0. The van der Waals surface area contributed by atoms with Crippen LogP contribution in [0, 0.1) is 7.11 Å². The van der Waals surface area contributed by atoms with Gasteiger partial charge < -0.3 is 4.74 Å². The van der Waals surface area contributed by atoms with E-state index in [1.165, 1.54) is 0 Å². The van der Waals surface area contributed by atoms with E-state index < -0.39 is 5.24 Å². The van der Waals surface area contributed by atoms with Gasteiger partial charge in [0.1, 0.15) is 0 Å². The summed E-state index contributed by atoms with van der Waals surface area (Å²) in [7, 11) is 2.92. The zero-order valence-corrected chi connectivity index (χ0v) is 3.86. The third-order valence-electron chi connectivity index (χ3n) is 0.216. The summed E-state index contributed by atoms with van der Waals surface area (Å²) in [6.07, 6.45) is 0. The minimum absolute atomic E-state index is 0.110. The number of carbonyl (C=O) groups excluding carboxylic acids is 1. The first-order valence-electron chi connectivity index (χ1n) is 1.32. The monoisotopic (exact) mass is 107 g/mol. The summed E-state index contributed by atoms with van der Waals surface area (Å²) in [4.78, 5) is 9.64. The molecule has 0 saturated heterocycles. The molecule has 0 aromatic carbocycles. The zero-order valence-electron chi connectivity index (χ0n) is 3.11. The predicted molar refractivity (Wildman–Crippen MR) is 22.2 cm³/mol. The topological polar surface area (TPSA) is 26.3 Å². The highest BCUT2D eigenvalue weighted by Gasteiger charge is 1.84. The van der Waals surface area contributed by atoms with Gasteiger partial charge in [0.15, 0.2) is 0 Å². The van der Waals surface area contributed by atoms with Gasteiger partial charge in [0.2, 0.25) is 5.24 Å². The molecule has 0 saturated carbocycles. The van der Waals surface area contributed by atoms with Crippen LogP contribution in [0.5, 0.6) is 0 Å². The molecule has 0 aliphatic carbocycles. The lowest BCUT2D eigenvalue weighted by atomic mass is 10.8. The highest BCUT2D eigenvalue weighted by atomic mass is 35.5. The van der Waals surface area contributed by atoms with Crippen LogP contribution in [0.15, 0.2) is 0 Å². The highest BCUT2D eigenvalue weighted by molar-refractivity contribution is 6.63. The van der Waals surface area contributed by atoms with Crippen molar-refractivity contribution >= 4 is 16.8 Å². The molecule has 0 aliphatic heterocycles. The molecule has 0 atom stereocenters. The smallest absolute Gasteiger partial charge is 0.244 e. The number of hydrogen-bond acceptors (Lipinski definition) is 2. The van der Waals surface area contributed by atoms with Crippen LogP contribution in [-0.2, 0) is 9.53 Å². The summed E-state index contributed by atoms with van der Waals surface area (Å²) in [5.74, 6) is 0. The molecule has 0 N–H and O–H groups in total. The van der Waals surface area contributed by atoms with Gasteiger partial charge in [-0.3, -0.25) is 4.79 Å². The second kappa shape index (κ2) is 3.12. The van der Waals surface area contributed by atoms with Gasteiger partial charge in [0.25, 0.3) is 0 Å². The minimum Gasteiger partial charge on any atom is -0.549 e. The summed E-state index contributed by atoms with van der Waals surface area (Å²) in [5, 5.41) is -0.523. The first-order chi connectivity index (χ1) is 2.77. The molecule has 0 amide bonds. The van der Waals surface area contributed by atoms with Crippen molar-refractivity contribution in [3.05, 3.63) is 7.11 Å². The lowest BCUT2D eigenvalue weighted by Gasteiger charge is -1.93. The maximum absolute atomic E-state index is 9.64. The summed E-state index contributed by atoms with van der Waals surface area (Å²) in [5.41, 5.74) is 0. The SMILES string of the molecule is [CH2-]OCC(=O)Cl. The van der Waals surface area contributed by atoms with Crippen molar-refractivity contribution in [1.29, 1.82) is 0 Å². The largest absolute Gasteiger partial charge is 0.549 e. The van der Waals surface area contributed by atoms with Crippen molar-refractivity contribution < 1.29 is 9.53 Å². The first-order valence-corrected chi connectivity index (χ1v) is 1.70. The van der Waals surface area contributed by atoms with E-state index in [1.54, 1.807) is 0 Å². The van der Waals surface area contributed by atoms with Crippen LogP contribution >= 0.6 is 11.6 Å². The molecule has 36 valence electrons. The maximum Gasteiger partial charge on any atom is 0.244 e. The van der Waals surface area contributed by atoms with Gasteiger partial charge in [-0.25, -0.2) is 7.11 Å². The molecule has 0 heterocycles. The van der Waals surface area contributed by atoms with E-state index in [2.05, 4.69) is 11.8 Å². The first kappa shape index (κ1) is 5.92. The molecular weight excluding hydrogens is 103 g/mol. The van der Waals surface area contributed by atoms with Crippen LogP contribution in [0.25, 0.3) is 0 Å². The average molecular weight is 108 g/mol.